The highest BCUT2D eigenvalue weighted by Gasteiger charge is 2.12. The first-order valence-corrected chi connectivity index (χ1v) is 10.8. The van der Waals surface area contributed by atoms with Crippen LogP contribution in [0, 0.1) is 0 Å². The molecular weight excluding hydrogens is 424 g/mol. The molecule has 0 radical (unpaired) electrons. The molecule has 0 spiro atoms. The maximum atomic E-state index is 12.4. The van der Waals surface area contributed by atoms with Crippen LogP contribution in [-0.2, 0) is 16.0 Å². The zero-order valence-electron chi connectivity index (χ0n) is 16.4. The van der Waals surface area contributed by atoms with Gasteiger partial charge in [-0.1, -0.05) is 6.07 Å². The summed E-state index contributed by atoms with van der Waals surface area (Å²) in [6.45, 7) is 1.41. The molecule has 3 amide bonds. The van der Waals surface area contributed by atoms with Gasteiger partial charge in [-0.3, -0.25) is 19.7 Å². The molecule has 2 aromatic heterocycles. The van der Waals surface area contributed by atoms with Gasteiger partial charge in [0.2, 0.25) is 11.8 Å². The minimum atomic E-state index is -0.217. The highest BCUT2D eigenvalue weighted by atomic mass is 32.1. The van der Waals surface area contributed by atoms with E-state index in [-0.39, 0.29) is 24.1 Å². The van der Waals surface area contributed by atoms with E-state index in [2.05, 4.69) is 20.9 Å². The van der Waals surface area contributed by atoms with Gasteiger partial charge in [0.25, 0.3) is 5.91 Å². The summed E-state index contributed by atoms with van der Waals surface area (Å²) in [6, 6.07) is 8.56. The SMILES string of the molecule is COc1ccc(NC(C)=O)cc1NC(=O)CCc1csc(NC(=O)c2cccs2)n1. The molecule has 0 saturated heterocycles. The molecular formula is C20H20N4O4S2. The summed E-state index contributed by atoms with van der Waals surface area (Å²) in [5, 5.41) is 12.4. The summed E-state index contributed by atoms with van der Waals surface area (Å²) >= 11 is 2.67. The van der Waals surface area contributed by atoms with Crippen molar-refractivity contribution in [1.82, 2.24) is 4.98 Å². The van der Waals surface area contributed by atoms with Gasteiger partial charge in [-0.15, -0.1) is 22.7 Å². The van der Waals surface area contributed by atoms with Gasteiger partial charge < -0.3 is 15.4 Å². The number of thiophene rings is 1. The van der Waals surface area contributed by atoms with Crippen LogP contribution in [0.1, 0.15) is 28.7 Å². The highest BCUT2D eigenvalue weighted by molar-refractivity contribution is 7.14. The van der Waals surface area contributed by atoms with Gasteiger partial charge in [0.05, 0.1) is 23.4 Å². The Labute approximate surface area is 181 Å². The molecule has 156 valence electrons. The van der Waals surface area contributed by atoms with E-state index in [1.165, 1.54) is 36.7 Å². The zero-order valence-corrected chi connectivity index (χ0v) is 18.0. The van der Waals surface area contributed by atoms with Gasteiger partial charge in [-0.2, -0.15) is 0 Å². The Morgan fingerprint density at radius 3 is 2.63 bits per heavy atom. The molecule has 30 heavy (non-hydrogen) atoms. The van der Waals surface area contributed by atoms with E-state index in [0.717, 1.165) is 5.69 Å². The third kappa shape index (κ3) is 5.88. The van der Waals surface area contributed by atoms with Crippen molar-refractivity contribution in [3.63, 3.8) is 0 Å². The molecule has 2 heterocycles. The van der Waals surface area contributed by atoms with E-state index in [1.54, 1.807) is 24.3 Å². The smallest absolute Gasteiger partial charge is 0.267 e. The van der Waals surface area contributed by atoms with Crippen LogP contribution in [0.25, 0.3) is 0 Å². The van der Waals surface area contributed by atoms with E-state index >= 15 is 0 Å². The maximum Gasteiger partial charge on any atom is 0.267 e. The Morgan fingerprint density at radius 1 is 1.10 bits per heavy atom. The zero-order chi connectivity index (χ0) is 21.5. The topological polar surface area (TPSA) is 109 Å². The average Bonchev–Trinajstić information content (AvgIpc) is 3.38. The lowest BCUT2D eigenvalue weighted by molar-refractivity contribution is -0.116. The van der Waals surface area contributed by atoms with Crippen molar-refractivity contribution >= 4 is 56.9 Å². The number of aryl methyl sites for hydroxylation is 1. The van der Waals surface area contributed by atoms with Crippen LogP contribution in [0.15, 0.2) is 41.1 Å². The van der Waals surface area contributed by atoms with Crippen molar-refractivity contribution in [3.05, 3.63) is 51.7 Å². The number of carbonyl (C=O) groups excluding carboxylic acids is 3. The molecule has 0 bridgehead atoms. The quantitative estimate of drug-likeness (QED) is 0.487. The first kappa shape index (κ1) is 21.5. The van der Waals surface area contributed by atoms with Crippen molar-refractivity contribution < 1.29 is 19.1 Å². The second kappa shape index (κ2) is 9.99. The van der Waals surface area contributed by atoms with Crippen molar-refractivity contribution in [2.24, 2.45) is 0 Å². The largest absolute Gasteiger partial charge is 0.495 e. The fourth-order valence-corrected chi connectivity index (χ4v) is 3.95. The van der Waals surface area contributed by atoms with Crippen LogP contribution in [0.3, 0.4) is 0 Å². The first-order valence-electron chi connectivity index (χ1n) is 8.99. The number of rotatable bonds is 8. The summed E-state index contributed by atoms with van der Waals surface area (Å²) < 4.78 is 5.26. The summed E-state index contributed by atoms with van der Waals surface area (Å²) in [4.78, 5) is 40.7. The third-order valence-corrected chi connectivity index (χ3v) is 5.59. The molecule has 10 heteroatoms. The number of nitrogens with one attached hydrogen (secondary N) is 3. The molecule has 3 aromatic rings. The lowest BCUT2D eigenvalue weighted by atomic mass is 10.2. The molecule has 0 atom stereocenters. The number of methoxy groups -OCH3 is 1. The minimum absolute atomic E-state index is 0.199. The highest BCUT2D eigenvalue weighted by Crippen LogP contribution is 2.28. The standard InChI is InChI=1S/C20H20N4O4S2/c1-12(25)21-13-5-7-16(28-2)15(10-13)23-18(26)8-6-14-11-30-20(22-14)24-19(27)17-4-3-9-29-17/h3-5,7,9-11H,6,8H2,1-2H3,(H,21,25)(H,23,26)(H,22,24,27). The van der Waals surface area contributed by atoms with Gasteiger partial charge in [-0.05, 0) is 36.1 Å². The fraction of sp³-hybridized carbons (Fsp3) is 0.200. The second-order valence-electron chi connectivity index (χ2n) is 6.22. The first-order chi connectivity index (χ1) is 14.4. The molecule has 0 saturated carbocycles. The Bertz CT molecular complexity index is 1050. The average molecular weight is 445 g/mol. The minimum Gasteiger partial charge on any atom is -0.495 e. The number of thiazole rings is 1. The molecule has 3 N–H and O–H groups in total. The maximum absolute atomic E-state index is 12.4. The number of benzene rings is 1. The van der Waals surface area contributed by atoms with Gasteiger partial charge in [0.1, 0.15) is 5.75 Å². The van der Waals surface area contributed by atoms with E-state index in [1.807, 2.05) is 16.8 Å². The number of nitrogens with zero attached hydrogens (tertiary/aromatic N) is 1. The van der Waals surface area contributed by atoms with Crippen molar-refractivity contribution in [3.8, 4) is 5.75 Å². The van der Waals surface area contributed by atoms with Crippen LogP contribution in [0.5, 0.6) is 5.75 Å². The van der Waals surface area contributed by atoms with Crippen LogP contribution in [0.4, 0.5) is 16.5 Å². The Balaban J connectivity index is 1.55. The molecule has 3 rings (SSSR count). The lowest BCUT2D eigenvalue weighted by Crippen LogP contribution is -2.14. The normalized spacial score (nSPS) is 10.3. The van der Waals surface area contributed by atoms with Crippen molar-refractivity contribution in [1.29, 1.82) is 0 Å². The third-order valence-electron chi connectivity index (χ3n) is 3.92. The van der Waals surface area contributed by atoms with Gasteiger partial charge in [-0.25, -0.2) is 4.98 Å². The predicted molar refractivity (Wildman–Crippen MR) is 119 cm³/mol. The Hall–Kier alpha value is -3.24. The molecule has 0 fully saturated rings. The van der Waals surface area contributed by atoms with Crippen LogP contribution in [0.2, 0.25) is 0 Å². The van der Waals surface area contributed by atoms with Gasteiger partial charge in [0.15, 0.2) is 5.13 Å². The number of hydrogen-bond donors (Lipinski definition) is 3. The van der Waals surface area contributed by atoms with E-state index in [4.69, 9.17) is 4.74 Å². The van der Waals surface area contributed by atoms with E-state index in [9.17, 15) is 14.4 Å². The van der Waals surface area contributed by atoms with Gasteiger partial charge in [0, 0.05) is 24.4 Å². The molecule has 0 unspecified atom stereocenters. The number of carbonyl (C=O) groups is 3. The molecule has 1 aromatic carbocycles. The summed E-state index contributed by atoms with van der Waals surface area (Å²) in [5.74, 6) is -0.132. The number of amides is 3. The van der Waals surface area contributed by atoms with Gasteiger partial charge >= 0.3 is 0 Å². The number of aromatic nitrogens is 1. The predicted octanol–water partition coefficient (Wildman–Crippen LogP) is 4.00. The molecule has 0 aliphatic heterocycles. The summed E-state index contributed by atoms with van der Waals surface area (Å²) in [5.41, 5.74) is 1.75. The molecule has 0 aliphatic rings. The Kier molecular flexibility index (Phi) is 7.15. The van der Waals surface area contributed by atoms with Crippen LogP contribution in [-0.4, -0.2) is 29.8 Å². The number of hydrogen-bond acceptors (Lipinski definition) is 7. The van der Waals surface area contributed by atoms with E-state index in [0.29, 0.717) is 33.6 Å². The van der Waals surface area contributed by atoms with Crippen molar-refractivity contribution in [2.45, 2.75) is 19.8 Å². The molecule has 8 nitrogen and oxygen atoms in total. The summed E-state index contributed by atoms with van der Waals surface area (Å²) in [7, 11) is 1.50. The van der Waals surface area contributed by atoms with Crippen LogP contribution < -0.4 is 20.7 Å². The second-order valence-corrected chi connectivity index (χ2v) is 8.03. The molecule has 0 aliphatic carbocycles. The monoisotopic (exact) mass is 444 g/mol. The van der Waals surface area contributed by atoms with Crippen LogP contribution >= 0.6 is 22.7 Å². The van der Waals surface area contributed by atoms with Crippen molar-refractivity contribution in [2.75, 3.05) is 23.1 Å². The van der Waals surface area contributed by atoms with E-state index < -0.39 is 0 Å². The number of ether oxygens (including phenoxy) is 1. The summed E-state index contributed by atoms with van der Waals surface area (Å²) in [6.07, 6.45) is 0.625. The number of anilines is 3. The fourth-order valence-electron chi connectivity index (χ4n) is 2.59. The Morgan fingerprint density at radius 2 is 1.93 bits per heavy atom. The lowest BCUT2D eigenvalue weighted by Gasteiger charge is -2.12.